The van der Waals surface area contributed by atoms with Crippen LogP contribution in [0.5, 0.6) is 0 Å². The van der Waals surface area contributed by atoms with Gasteiger partial charge < -0.3 is 0 Å². The smallest absolute Gasteiger partial charge is 0.0755 e. The lowest BCUT2D eigenvalue weighted by Crippen LogP contribution is -2.24. The minimum absolute atomic E-state index is 0.0616. The molecule has 2 heterocycles. The van der Waals surface area contributed by atoms with E-state index in [0.717, 1.165) is 16.9 Å². The maximum Gasteiger partial charge on any atom is 0.0755 e. The first kappa shape index (κ1) is 11.4. The molecular formula is C16H18N2. The van der Waals surface area contributed by atoms with E-state index in [0.29, 0.717) is 0 Å². The Morgan fingerprint density at radius 1 is 1.11 bits per heavy atom. The summed E-state index contributed by atoms with van der Waals surface area (Å²) in [6.07, 6.45) is 1.86. The van der Waals surface area contributed by atoms with Crippen LogP contribution in [-0.2, 0) is 5.41 Å². The van der Waals surface area contributed by atoms with Crippen LogP contribution >= 0.6 is 0 Å². The SMILES string of the molecule is CC1=C(C)C(C)(C)c2cc(C)nc3ccnc1c23. The van der Waals surface area contributed by atoms with Crippen molar-refractivity contribution >= 4 is 16.5 Å². The van der Waals surface area contributed by atoms with Crippen molar-refractivity contribution in [1.29, 1.82) is 0 Å². The summed E-state index contributed by atoms with van der Waals surface area (Å²) in [6.45, 7) is 11.0. The van der Waals surface area contributed by atoms with Crippen LogP contribution in [0.3, 0.4) is 0 Å². The Labute approximate surface area is 108 Å². The molecule has 0 fully saturated rings. The summed E-state index contributed by atoms with van der Waals surface area (Å²) in [5.74, 6) is 0. The van der Waals surface area contributed by atoms with Crippen LogP contribution in [0.15, 0.2) is 23.9 Å². The summed E-state index contributed by atoms with van der Waals surface area (Å²) >= 11 is 0. The van der Waals surface area contributed by atoms with Crippen LogP contribution in [-0.4, -0.2) is 9.97 Å². The van der Waals surface area contributed by atoms with Crippen molar-refractivity contribution in [2.75, 3.05) is 0 Å². The van der Waals surface area contributed by atoms with Gasteiger partial charge in [-0.2, -0.15) is 0 Å². The maximum atomic E-state index is 4.64. The van der Waals surface area contributed by atoms with Gasteiger partial charge in [0, 0.05) is 22.7 Å². The maximum absolute atomic E-state index is 4.64. The van der Waals surface area contributed by atoms with Crippen LogP contribution in [0, 0.1) is 6.92 Å². The third-order valence-electron chi connectivity index (χ3n) is 4.38. The fourth-order valence-corrected chi connectivity index (χ4v) is 2.94. The van der Waals surface area contributed by atoms with Gasteiger partial charge in [0.25, 0.3) is 0 Å². The lowest BCUT2D eigenvalue weighted by Gasteiger charge is -2.34. The second kappa shape index (κ2) is 3.41. The summed E-state index contributed by atoms with van der Waals surface area (Å²) in [5.41, 5.74) is 7.36. The van der Waals surface area contributed by atoms with Crippen molar-refractivity contribution in [2.45, 2.75) is 40.0 Å². The zero-order valence-corrected chi connectivity index (χ0v) is 11.6. The first-order chi connectivity index (χ1) is 8.43. The van der Waals surface area contributed by atoms with Crippen LogP contribution in [0.2, 0.25) is 0 Å². The highest BCUT2D eigenvalue weighted by Crippen LogP contribution is 2.45. The molecule has 0 amide bonds. The Hall–Kier alpha value is -1.70. The van der Waals surface area contributed by atoms with Crippen LogP contribution in [0.4, 0.5) is 0 Å². The molecule has 2 aromatic rings. The first-order valence-corrected chi connectivity index (χ1v) is 6.38. The number of hydrogen-bond donors (Lipinski definition) is 0. The number of aromatic nitrogens is 2. The third-order valence-corrected chi connectivity index (χ3v) is 4.38. The normalized spacial score (nSPS) is 17.4. The van der Waals surface area contributed by atoms with E-state index in [1.54, 1.807) is 0 Å². The molecule has 0 saturated carbocycles. The molecule has 0 saturated heterocycles. The van der Waals surface area contributed by atoms with Gasteiger partial charge in [-0.25, -0.2) is 0 Å². The fourth-order valence-electron chi connectivity index (χ4n) is 2.94. The second-order valence-electron chi connectivity index (χ2n) is 5.74. The molecule has 3 rings (SSSR count). The first-order valence-electron chi connectivity index (χ1n) is 6.38. The average molecular weight is 238 g/mol. The van der Waals surface area contributed by atoms with Crippen LogP contribution < -0.4 is 0 Å². The van der Waals surface area contributed by atoms with Crippen molar-refractivity contribution in [1.82, 2.24) is 9.97 Å². The van der Waals surface area contributed by atoms with E-state index in [1.165, 1.54) is 22.1 Å². The van der Waals surface area contributed by atoms with Gasteiger partial charge in [0.1, 0.15) is 0 Å². The highest BCUT2D eigenvalue weighted by molar-refractivity contribution is 5.96. The molecule has 0 spiro atoms. The summed E-state index contributed by atoms with van der Waals surface area (Å²) < 4.78 is 0. The van der Waals surface area contributed by atoms with E-state index in [9.17, 15) is 0 Å². The fraction of sp³-hybridized carbons (Fsp3) is 0.375. The Kier molecular flexibility index (Phi) is 2.16. The number of pyridine rings is 2. The number of hydrogen-bond acceptors (Lipinski definition) is 2. The number of aryl methyl sites for hydroxylation is 1. The quantitative estimate of drug-likeness (QED) is 0.692. The Morgan fingerprint density at radius 3 is 2.56 bits per heavy atom. The predicted octanol–water partition coefficient (Wildman–Crippen LogP) is 4.02. The van der Waals surface area contributed by atoms with Gasteiger partial charge in [-0.15, -0.1) is 0 Å². The second-order valence-corrected chi connectivity index (χ2v) is 5.74. The molecule has 0 radical (unpaired) electrons. The monoisotopic (exact) mass is 238 g/mol. The van der Waals surface area contributed by atoms with Gasteiger partial charge in [0.2, 0.25) is 0 Å². The summed E-state index contributed by atoms with van der Waals surface area (Å²) in [4.78, 5) is 9.21. The number of rotatable bonds is 0. The minimum Gasteiger partial charge on any atom is -0.256 e. The average Bonchev–Trinajstić information content (AvgIpc) is 2.33. The molecule has 0 aromatic carbocycles. The van der Waals surface area contributed by atoms with E-state index in [1.807, 2.05) is 12.3 Å². The molecule has 92 valence electrons. The lowest BCUT2D eigenvalue weighted by molar-refractivity contribution is 0.624. The molecule has 2 nitrogen and oxygen atoms in total. The van der Waals surface area contributed by atoms with E-state index in [4.69, 9.17) is 0 Å². The summed E-state index contributed by atoms with van der Waals surface area (Å²) in [5, 5.41) is 1.23. The zero-order chi connectivity index (χ0) is 13.1. The molecule has 0 atom stereocenters. The standard InChI is InChI=1S/C16H18N2/c1-9-8-12-14-13(18-9)6-7-17-15(14)10(2)11(3)16(12,4)5/h6-8H,1-5H3. The van der Waals surface area contributed by atoms with E-state index in [-0.39, 0.29) is 5.41 Å². The Morgan fingerprint density at radius 2 is 1.83 bits per heavy atom. The molecule has 0 N–H and O–H groups in total. The van der Waals surface area contributed by atoms with Crippen molar-refractivity contribution in [3.8, 4) is 0 Å². The van der Waals surface area contributed by atoms with Gasteiger partial charge in [-0.3, -0.25) is 9.97 Å². The van der Waals surface area contributed by atoms with E-state index >= 15 is 0 Å². The van der Waals surface area contributed by atoms with Crippen LogP contribution in [0.25, 0.3) is 16.5 Å². The molecule has 1 aliphatic rings. The molecule has 1 aliphatic carbocycles. The Balaban J connectivity index is 2.57. The molecule has 0 aliphatic heterocycles. The predicted molar refractivity (Wildman–Crippen MR) is 75.6 cm³/mol. The molecule has 2 aromatic heterocycles. The molecule has 0 bridgehead atoms. The number of nitrogens with zero attached hydrogens (tertiary/aromatic N) is 2. The van der Waals surface area contributed by atoms with Gasteiger partial charge in [0.15, 0.2) is 0 Å². The highest BCUT2D eigenvalue weighted by atomic mass is 14.7. The minimum atomic E-state index is 0.0616. The Bertz CT molecular complexity index is 694. The summed E-state index contributed by atoms with van der Waals surface area (Å²) in [7, 11) is 0. The van der Waals surface area contributed by atoms with Crippen molar-refractivity contribution in [3.05, 3.63) is 40.9 Å². The zero-order valence-electron chi connectivity index (χ0n) is 11.6. The van der Waals surface area contributed by atoms with Crippen molar-refractivity contribution < 1.29 is 0 Å². The number of allylic oxidation sites excluding steroid dienone is 2. The highest BCUT2D eigenvalue weighted by Gasteiger charge is 2.32. The molecular weight excluding hydrogens is 220 g/mol. The molecule has 0 unspecified atom stereocenters. The van der Waals surface area contributed by atoms with E-state index < -0.39 is 0 Å². The van der Waals surface area contributed by atoms with E-state index in [2.05, 4.69) is 50.7 Å². The molecule has 18 heavy (non-hydrogen) atoms. The summed E-state index contributed by atoms with van der Waals surface area (Å²) in [6, 6.07) is 4.22. The largest absolute Gasteiger partial charge is 0.256 e. The van der Waals surface area contributed by atoms with Gasteiger partial charge in [0.05, 0.1) is 11.2 Å². The lowest BCUT2D eigenvalue weighted by atomic mass is 9.71. The molecule has 2 heteroatoms. The van der Waals surface area contributed by atoms with Crippen molar-refractivity contribution in [3.63, 3.8) is 0 Å². The van der Waals surface area contributed by atoms with Crippen molar-refractivity contribution in [2.24, 2.45) is 0 Å². The topological polar surface area (TPSA) is 25.8 Å². The third kappa shape index (κ3) is 1.29. The van der Waals surface area contributed by atoms with Gasteiger partial charge in [-0.05, 0) is 44.0 Å². The van der Waals surface area contributed by atoms with Crippen LogP contribution in [0.1, 0.15) is 44.6 Å². The van der Waals surface area contributed by atoms with Gasteiger partial charge >= 0.3 is 0 Å². The van der Waals surface area contributed by atoms with Gasteiger partial charge in [-0.1, -0.05) is 19.4 Å².